The molecule has 3 nitrogen and oxygen atoms in total. The standard InChI is InChI=1S/C20H21I3O3/c1-3-4-5-6-7-11-12-8-10(2)17(24)15(22)19(12)26-20-13(11)9-14(21)18(25)16(20)23/h8-9,11,24-25H,3-7H2,1-2H3. The van der Waals surface area contributed by atoms with Crippen LogP contribution in [0.4, 0.5) is 0 Å². The van der Waals surface area contributed by atoms with Gasteiger partial charge < -0.3 is 14.9 Å². The number of halogens is 3. The van der Waals surface area contributed by atoms with Crippen molar-refractivity contribution in [3.05, 3.63) is 39.5 Å². The van der Waals surface area contributed by atoms with Crippen LogP contribution in [0.3, 0.4) is 0 Å². The van der Waals surface area contributed by atoms with Crippen LogP contribution >= 0.6 is 67.8 Å². The first-order chi connectivity index (χ1) is 12.4. The quantitative estimate of drug-likeness (QED) is 0.254. The van der Waals surface area contributed by atoms with E-state index < -0.39 is 0 Å². The molecule has 1 aliphatic heterocycles. The van der Waals surface area contributed by atoms with Crippen LogP contribution in [0.15, 0.2) is 12.1 Å². The van der Waals surface area contributed by atoms with E-state index in [-0.39, 0.29) is 17.4 Å². The van der Waals surface area contributed by atoms with Crippen LogP contribution in [0.5, 0.6) is 23.0 Å². The van der Waals surface area contributed by atoms with Crippen molar-refractivity contribution in [2.75, 3.05) is 0 Å². The number of benzene rings is 2. The number of hydrogen-bond donors (Lipinski definition) is 2. The van der Waals surface area contributed by atoms with E-state index in [1.54, 1.807) is 0 Å². The highest BCUT2D eigenvalue weighted by Crippen LogP contribution is 2.53. The molecule has 0 fully saturated rings. The van der Waals surface area contributed by atoms with Crippen molar-refractivity contribution >= 4 is 67.8 Å². The van der Waals surface area contributed by atoms with Crippen LogP contribution in [0.1, 0.15) is 61.6 Å². The first-order valence-corrected chi connectivity index (χ1v) is 12.0. The molecule has 0 saturated heterocycles. The predicted octanol–water partition coefficient (Wildman–Crippen LogP) is 7.43. The fourth-order valence-corrected chi connectivity index (χ4v) is 6.15. The summed E-state index contributed by atoms with van der Waals surface area (Å²) < 4.78 is 8.57. The molecule has 1 heterocycles. The van der Waals surface area contributed by atoms with Crippen LogP contribution in [0.25, 0.3) is 0 Å². The second-order valence-electron chi connectivity index (χ2n) is 6.72. The molecule has 26 heavy (non-hydrogen) atoms. The van der Waals surface area contributed by atoms with Crippen LogP contribution in [0.2, 0.25) is 0 Å². The molecule has 0 bridgehead atoms. The number of unbranched alkanes of at least 4 members (excludes halogenated alkanes) is 3. The summed E-state index contributed by atoms with van der Waals surface area (Å²) in [6.45, 7) is 4.16. The molecule has 3 rings (SSSR count). The Hall–Kier alpha value is 0.0300. The molecule has 0 aliphatic carbocycles. The van der Waals surface area contributed by atoms with E-state index in [1.807, 2.05) is 6.92 Å². The molecule has 6 heteroatoms. The maximum absolute atomic E-state index is 10.4. The van der Waals surface area contributed by atoms with Crippen LogP contribution in [-0.4, -0.2) is 10.2 Å². The molecular formula is C20H21I3O3. The van der Waals surface area contributed by atoms with Crippen molar-refractivity contribution in [3.8, 4) is 23.0 Å². The Kier molecular flexibility index (Phi) is 6.85. The number of phenols is 2. The number of fused-ring (bicyclic) bond motifs is 2. The molecule has 1 atom stereocenters. The zero-order valence-electron chi connectivity index (χ0n) is 14.7. The first-order valence-electron chi connectivity index (χ1n) is 8.77. The minimum atomic E-state index is 0.223. The lowest BCUT2D eigenvalue weighted by Crippen LogP contribution is -2.14. The number of rotatable bonds is 5. The van der Waals surface area contributed by atoms with E-state index in [2.05, 4.69) is 86.8 Å². The minimum absolute atomic E-state index is 0.223. The van der Waals surface area contributed by atoms with Gasteiger partial charge in [0.25, 0.3) is 0 Å². The Labute approximate surface area is 195 Å². The minimum Gasteiger partial charge on any atom is -0.506 e. The number of aromatic hydroxyl groups is 2. The van der Waals surface area contributed by atoms with E-state index in [0.717, 1.165) is 51.7 Å². The Bertz CT molecular complexity index is 786. The Morgan fingerprint density at radius 3 is 2.19 bits per heavy atom. The fourth-order valence-electron chi connectivity index (χ4n) is 3.47. The van der Waals surface area contributed by atoms with Crippen molar-refractivity contribution < 1.29 is 14.9 Å². The van der Waals surface area contributed by atoms with Crippen molar-refractivity contribution in [3.63, 3.8) is 0 Å². The molecule has 2 aromatic rings. The maximum Gasteiger partial charge on any atom is 0.148 e. The van der Waals surface area contributed by atoms with E-state index in [1.165, 1.54) is 19.3 Å². The number of phenolic OH excluding ortho intramolecular Hbond substituents is 2. The van der Waals surface area contributed by atoms with Gasteiger partial charge in [-0.15, -0.1) is 0 Å². The van der Waals surface area contributed by atoms with Crippen LogP contribution in [0, 0.1) is 17.6 Å². The molecule has 2 aromatic carbocycles. The van der Waals surface area contributed by atoms with E-state index in [0.29, 0.717) is 0 Å². The summed E-state index contributed by atoms with van der Waals surface area (Å²) >= 11 is 6.50. The summed E-state index contributed by atoms with van der Waals surface area (Å²) in [4.78, 5) is 0. The number of hydrogen-bond acceptors (Lipinski definition) is 3. The Morgan fingerprint density at radius 1 is 0.923 bits per heavy atom. The topological polar surface area (TPSA) is 49.7 Å². The largest absolute Gasteiger partial charge is 0.506 e. The Morgan fingerprint density at radius 2 is 1.54 bits per heavy atom. The lowest BCUT2D eigenvalue weighted by atomic mass is 9.83. The molecule has 0 saturated carbocycles. The summed E-state index contributed by atoms with van der Waals surface area (Å²) in [6.07, 6.45) is 5.89. The van der Waals surface area contributed by atoms with Gasteiger partial charge in [-0.3, -0.25) is 0 Å². The third-order valence-electron chi connectivity index (χ3n) is 4.89. The lowest BCUT2D eigenvalue weighted by Gasteiger charge is -2.31. The molecule has 140 valence electrons. The monoisotopic (exact) mass is 690 g/mol. The van der Waals surface area contributed by atoms with Gasteiger partial charge in [-0.2, -0.15) is 0 Å². The highest BCUT2D eigenvalue weighted by Gasteiger charge is 2.33. The second kappa shape index (κ2) is 8.59. The predicted molar refractivity (Wildman–Crippen MR) is 130 cm³/mol. The SMILES string of the molecule is CCCCCCC1c2cc(C)c(O)c(I)c2Oc2c1cc(I)c(O)c2I. The molecule has 0 radical (unpaired) electrons. The number of aryl methyl sites for hydroxylation is 1. The van der Waals surface area contributed by atoms with E-state index in [4.69, 9.17) is 4.74 Å². The molecule has 0 spiro atoms. The third-order valence-corrected chi connectivity index (χ3v) is 7.72. The average molecular weight is 690 g/mol. The normalized spacial score (nSPS) is 15.3. The third kappa shape index (κ3) is 3.78. The van der Waals surface area contributed by atoms with E-state index >= 15 is 0 Å². The molecule has 0 aromatic heterocycles. The second-order valence-corrected chi connectivity index (χ2v) is 10.0. The molecule has 2 N–H and O–H groups in total. The van der Waals surface area contributed by atoms with Crippen molar-refractivity contribution in [1.82, 2.24) is 0 Å². The van der Waals surface area contributed by atoms with Crippen molar-refractivity contribution in [1.29, 1.82) is 0 Å². The van der Waals surface area contributed by atoms with Gasteiger partial charge in [0.05, 0.1) is 10.7 Å². The van der Waals surface area contributed by atoms with Gasteiger partial charge in [-0.1, -0.05) is 32.6 Å². The first kappa shape index (κ1) is 20.8. The summed E-state index contributed by atoms with van der Waals surface area (Å²) in [5, 5.41) is 20.7. The van der Waals surface area contributed by atoms with Crippen LogP contribution in [-0.2, 0) is 0 Å². The van der Waals surface area contributed by atoms with Crippen LogP contribution < -0.4 is 4.74 Å². The van der Waals surface area contributed by atoms with Crippen molar-refractivity contribution in [2.45, 2.75) is 51.9 Å². The van der Waals surface area contributed by atoms with Crippen molar-refractivity contribution in [2.24, 2.45) is 0 Å². The zero-order valence-corrected chi connectivity index (χ0v) is 21.2. The van der Waals surface area contributed by atoms with Gasteiger partial charge in [-0.25, -0.2) is 0 Å². The molecule has 1 unspecified atom stereocenters. The van der Waals surface area contributed by atoms with Gasteiger partial charge in [0.1, 0.15) is 23.0 Å². The highest BCUT2D eigenvalue weighted by atomic mass is 127. The maximum atomic E-state index is 10.4. The van der Waals surface area contributed by atoms with Gasteiger partial charge in [0.2, 0.25) is 0 Å². The fraction of sp³-hybridized carbons (Fsp3) is 0.400. The zero-order chi connectivity index (χ0) is 19.0. The van der Waals surface area contributed by atoms with Gasteiger partial charge in [0, 0.05) is 17.0 Å². The molecular weight excluding hydrogens is 669 g/mol. The van der Waals surface area contributed by atoms with Gasteiger partial charge >= 0.3 is 0 Å². The summed E-state index contributed by atoms with van der Waals surface area (Å²) in [5.74, 6) is 2.24. The summed E-state index contributed by atoms with van der Waals surface area (Å²) in [7, 11) is 0. The smallest absolute Gasteiger partial charge is 0.148 e. The average Bonchev–Trinajstić information content (AvgIpc) is 2.62. The summed E-state index contributed by atoms with van der Waals surface area (Å²) in [6, 6.07) is 4.11. The number of ether oxygens (including phenoxy) is 1. The molecule has 1 aliphatic rings. The van der Waals surface area contributed by atoms with Gasteiger partial charge in [-0.05, 0) is 98.8 Å². The van der Waals surface area contributed by atoms with E-state index in [9.17, 15) is 10.2 Å². The highest BCUT2D eigenvalue weighted by molar-refractivity contribution is 14.1. The summed E-state index contributed by atoms with van der Waals surface area (Å²) in [5.41, 5.74) is 3.16. The lowest BCUT2D eigenvalue weighted by molar-refractivity contribution is 0.407. The molecule has 0 amide bonds. The van der Waals surface area contributed by atoms with Gasteiger partial charge in [0.15, 0.2) is 0 Å². The Balaban J connectivity index is 2.13.